The predicted octanol–water partition coefficient (Wildman–Crippen LogP) is 1.55. The molecule has 1 spiro atoms. The van der Waals surface area contributed by atoms with Crippen LogP contribution in [-0.4, -0.2) is 40.9 Å². The summed E-state index contributed by atoms with van der Waals surface area (Å²) in [5.41, 5.74) is -0.754. The van der Waals surface area contributed by atoms with Gasteiger partial charge in [-0.3, -0.25) is 14.5 Å². The molecule has 0 unspecified atom stereocenters. The first kappa shape index (κ1) is 15.3. The Balaban J connectivity index is 1.62. The van der Waals surface area contributed by atoms with Gasteiger partial charge in [0.15, 0.2) is 0 Å². The van der Waals surface area contributed by atoms with Crippen LogP contribution >= 0.6 is 0 Å². The summed E-state index contributed by atoms with van der Waals surface area (Å²) >= 11 is 0. The average Bonchev–Trinajstić information content (AvgIpc) is 3.28. The zero-order chi connectivity index (χ0) is 15.7. The quantitative estimate of drug-likeness (QED) is 0.773. The van der Waals surface area contributed by atoms with Crippen LogP contribution in [0.5, 0.6) is 0 Å². The molecule has 1 atom stereocenters. The predicted molar refractivity (Wildman–Crippen MR) is 81.0 cm³/mol. The SMILES string of the molecule is C[C@H](NC(=O)CN1C(=O)NC2(CCCCCC2)C1=O)C1CC1. The van der Waals surface area contributed by atoms with Crippen LogP contribution in [0.1, 0.15) is 58.3 Å². The first-order chi connectivity index (χ1) is 10.5. The van der Waals surface area contributed by atoms with E-state index in [1.54, 1.807) is 0 Å². The molecule has 0 aromatic carbocycles. The first-order valence-electron chi connectivity index (χ1n) is 8.45. The first-order valence-corrected chi connectivity index (χ1v) is 8.45. The number of carbonyl (C=O) groups excluding carboxylic acids is 3. The van der Waals surface area contributed by atoms with E-state index in [0.29, 0.717) is 18.8 Å². The maximum atomic E-state index is 12.7. The highest BCUT2D eigenvalue weighted by atomic mass is 16.2. The number of rotatable bonds is 4. The summed E-state index contributed by atoms with van der Waals surface area (Å²) in [5, 5.41) is 5.76. The lowest BCUT2D eigenvalue weighted by molar-refractivity contribution is -0.135. The largest absolute Gasteiger partial charge is 0.352 e. The van der Waals surface area contributed by atoms with Gasteiger partial charge in [0, 0.05) is 6.04 Å². The van der Waals surface area contributed by atoms with Gasteiger partial charge in [0.1, 0.15) is 12.1 Å². The minimum absolute atomic E-state index is 0.125. The van der Waals surface area contributed by atoms with Crippen LogP contribution in [0.15, 0.2) is 0 Å². The minimum atomic E-state index is -0.754. The molecule has 6 nitrogen and oxygen atoms in total. The van der Waals surface area contributed by atoms with Gasteiger partial charge in [-0.15, -0.1) is 0 Å². The van der Waals surface area contributed by atoms with Crippen LogP contribution < -0.4 is 10.6 Å². The summed E-state index contributed by atoms with van der Waals surface area (Å²) in [6, 6.07) is -0.291. The molecule has 0 bridgehead atoms. The molecule has 3 fully saturated rings. The van der Waals surface area contributed by atoms with Gasteiger partial charge in [-0.1, -0.05) is 25.7 Å². The molecule has 122 valence electrons. The highest BCUT2D eigenvalue weighted by Gasteiger charge is 2.51. The van der Waals surface area contributed by atoms with Gasteiger partial charge in [-0.05, 0) is 38.5 Å². The Kier molecular flexibility index (Phi) is 4.10. The molecule has 3 aliphatic rings. The highest BCUT2D eigenvalue weighted by Crippen LogP contribution is 2.33. The minimum Gasteiger partial charge on any atom is -0.352 e. The summed E-state index contributed by atoms with van der Waals surface area (Å²) in [5.74, 6) is 0.0995. The second-order valence-electron chi connectivity index (χ2n) is 7.01. The Morgan fingerprint density at radius 3 is 2.50 bits per heavy atom. The molecule has 0 aromatic heterocycles. The standard InChI is InChI=1S/C16H25N3O3/c1-11(12-6-7-12)17-13(20)10-19-14(21)16(18-15(19)22)8-4-2-3-5-9-16/h11-12H,2-10H2,1H3,(H,17,20)(H,18,22)/t11-/m0/s1. The normalized spacial score (nSPS) is 25.8. The summed E-state index contributed by atoms with van der Waals surface area (Å²) in [7, 11) is 0. The van der Waals surface area contributed by atoms with Crippen molar-refractivity contribution in [1.82, 2.24) is 15.5 Å². The lowest BCUT2D eigenvalue weighted by atomic mass is 9.90. The number of imide groups is 1. The molecule has 1 aliphatic heterocycles. The third-order valence-corrected chi connectivity index (χ3v) is 5.22. The van der Waals surface area contributed by atoms with Gasteiger partial charge in [0.2, 0.25) is 5.91 Å². The van der Waals surface area contributed by atoms with Crippen LogP contribution in [0, 0.1) is 5.92 Å². The topological polar surface area (TPSA) is 78.5 Å². The van der Waals surface area contributed by atoms with Crippen molar-refractivity contribution >= 4 is 17.8 Å². The van der Waals surface area contributed by atoms with Gasteiger partial charge in [-0.2, -0.15) is 0 Å². The molecule has 6 heteroatoms. The number of amides is 4. The fraction of sp³-hybridized carbons (Fsp3) is 0.812. The maximum Gasteiger partial charge on any atom is 0.325 e. The lowest BCUT2D eigenvalue weighted by Crippen LogP contribution is -2.48. The third-order valence-electron chi connectivity index (χ3n) is 5.22. The molecule has 2 saturated carbocycles. The van der Waals surface area contributed by atoms with Crippen LogP contribution in [-0.2, 0) is 9.59 Å². The van der Waals surface area contributed by atoms with Crippen LogP contribution in [0.3, 0.4) is 0 Å². The fourth-order valence-electron chi connectivity index (χ4n) is 3.65. The Labute approximate surface area is 131 Å². The molecule has 0 aromatic rings. The maximum absolute atomic E-state index is 12.7. The van der Waals surface area contributed by atoms with Gasteiger partial charge in [0.05, 0.1) is 0 Å². The summed E-state index contributed by atoms with van der Waals surface area (Å²) in [6.45, 7) is 1.82. The number of nitrogens with one attached hydrogen (secondary N) is 2. The number of carbonyl (C=O) groups is 3. The van der Waals surface area contributed by atoms with Crippen molar-refractivity contribution in [3.8, 4) is 0 Å². The average molecular weight is 307 g/mol. The monoisotopic (exact) mass is 307 g/mol. The number of nitrogens with zero attached hydrogens (tertiary/aromatic N) is 1. The van der Waals surface area contributed by atoms with Crippen molar-refractivity contribution in [3.63, 3.8) is 0 Å². The fourth-order valence-corrected chi connectivity index (χ4v) is 3.65. The zero-order valence-electron chi connectivity index (χ0n) is 13.2. The van der Waals surface area contributed by atoms with Crippen molar-refractivity contribution in [2.75, 3.05) is 6.54 Å². The van der Waals surface area contributed by atoms with E-state index in [1.807, 2.05) is 6.92 Å². The number of urea groups is 1. The van der Waals surface area contributed by atoms with E-state index in [9.17, 15) is 14.4 Å². The van der Waals surface area contributed by atoms with Crippen LogP contribution in [0.4, 0.5) is 4.79 Å². The van der Waals surface area contributed by atoms with Crippen LogP contribution in [0.2, 0.25) is 0 Å². The summed E-state index contributed by atoms with van der Waals surface area (Å²) < 4.78 is 0. The molecule has 0 radical (unpaired) electrons. The van der Waals surface area contributed by atoms with Gasteiger partial charge in [0.25, 0.3) is 5.91 Å². The van der Waals surface area contributed by atoms with Crippen molar-refractivity contribution in [2.45, 2.75) is 69.9 Å². The molecular formula is C16H25N3O3. The summed E-state index contributed by atoms with van der Waals surface area (Å²) in [6.07, 6.45) is 7.77. The number of hydrogen-bond acceptors (Lipinski definition) is 3. The Bertz CT molecular complexity index is 479. The molecule has 1 heterocycles. The second-order valence-corrected chi connectivity index (χ2v) is 7.01. The van der Waals surface area contributed by atoms with Gasteiger partial charge in [-0.25, -0.2) is 4.79 Å². The van der Waals surface area contributed by atoms with Crippen molar-refractivity contribution in [3.05, 3.63) is 0 Å². The van der Waals surface area contributed by atoms with E-state index in [2.05, 4.69) is 10.6 Å². The van der Waals surface area contributed by atoms with E-state index in [4.69, 9.17) is 0 Å². The molecule has 22 heavy (non-hydrogen) atoms. The van der Waals surface area contributed by atoms with E-state index in [1.165, 1.54) is 0 Å². The third kappa shape index (κ3) is 2.96. The lowest BCUT2D eigenvalue weighted by Gasteiger charge is -2.24. The van der Waals surface area contributed by atoms with Gasteiger partial charge >= 0.3 is 6.03 Å². The summed E-state index contributed by atoms with van der Waals surface area (Å²) in [4.78, 5) is 38.0. The van der Waals surface area contributed by atoms with Crippen LogP contribution in [0.25, 0.3) is 0 Å². The molecule has 2 N–H and O–H groups in total. The smallest absolute Gasteiger partial charge is 0.325 e. The van der Waals surface area contributed by atoms with E-state index in [0.717, 1.165) is 43.4 Å². The highest BCUT2D eigenvalue weighted by molar-refractivity contribution is 6.09. The second kappa shape index (κ2) is 5.89. The Hall–Kier alpha value is -1.59. The van der Waals surface area contributed by atoms with Crippen molar-refractivity contribution in [1.29, 1.82) is 0 Å². The van der Waals surface area contributed by atoms with Gasteiger partial charge < -0.3 is 10.6 Å². The van der Waals surface area contributed by atoms with E-state index >= 15 is 0 Å². The molecule has 4 amide bonds. The van der Waals surface area contributed by atoms with Crippen molar-refractivity contribution < 1.29 is 14.4 Å². The molecule has 2 aliphatic carbocycles. The van der Waals surface area contributed by atoms with E-state index < -0.39 is 11.6 Å². The molecular weight excluding hydrogens is 282 g/mol. The van der Waals surface area contributed by atoms with Crippen molar-refractivity contribution in [2.24, 2.45) is 5.92 Å². The molecule has 3 rings (SSSR count). The van der Waals surface area contributed by atoms with E-state index in [-0.39, 0.29) is 24.4 Å². The molecule has 1 saturated heterocycles. The Morgan fingerprint density at radius 2 is 1.91 bits per heavy atom. The number of hydrogen-bond donors (Lipinski definition) is 2. The zero-order valence-corrected chi connectivity index (χ0v) is 13.2. The Morgan fingerprint density at radius 1 is 1.27 bits per heavy atom.